The lowest BCUT2D eigenvalue weighted by Gasteiger charge is -2.06. The molecule has 7 heteroatoms. The van der Waals surface area contributed by atoms with Gasteiger partial charge in [-0.05, 0) is 32.0 Å². The van der Waals surface area contributed by atoms with Crippen molar-refractivity contribution in [3.05, 3.63) is 44.2 Å². The number of methoxy groups -OCH3 is 2. The van der Waals surface area contributed by atoms with E-state index in [9.17, 15) is 4.79 Å². The van der Waals surface area contributed by atoms with Gasteiger partial charge in [-0.15, -0.1) is 11.3 Å². The van der Waals surface area contributed by atoms with Crippen LogP contribution in [0, 0.1) is 13.8 Å². The molecule has 1 aromatic heterocycles. The van der Waals surface area contributed by atoms with E-state index in [1.807, 2.05) is 18.4 Å². The van der Waals surface area contributed by atoms with Crippen LogP contribution in [0.4, 0.5) is 0 Å². The number of amides is 1. The molecule has 0 aliphatic heterocycles. The predicted molar refractivity (Wildman–Crippen MR) is 91.6 cm³/mol. The topological polar surface area (TPSA) is 52.8 Å². The molecule has 2 aromatic rings. The second-order valence-corrected chi connectivity index (χ2v) is 6.55. The number of thiazole rings is 1. The van der Waals surface area contributed by atoms with Gasteiger partial charge in [0.05, 0.1) is 19.3 Å². The Morgan fingerprint density at radius 1 is 1.35 bits per heavy atom. The fraction of sp³-hybridized carbons (Fsp3) is 0.375. The first kappa shape index (κ1) is 17.7. The average molecular weight is 355 g/mol. The maximum Gasteiger partial charge on any atom is 0.283 e. The monoisotopic (exact) mass is 354 g/mol. The van der Waals surface area contributed by atoms with E-state index < -0.39 is 0 Å². The van der Waals surface area contributed by atoms with E-state index >= 15 is 0 Å². The number of hydrogen-bond donors (Lipinski definition) is 0. The van der Waals surface area contributed by atoms with Crippen LogP contribution in [-0.4, -0.2) is 31.3 Å². The number of ether oxygens (including phenoxy) is 2. The molecule has 0 saturated heterocycles. The van der Waals surface area contributed by atoms with Crippen molar-refractivity contribution in [2.75, 3.05) is 20.8 Å². The van der Waals surface area contributed by atoms with Crippen molar-refractivity contribution in [1.82, 2.24) is 4.57 Å². The second kappa shape index (κ2) is 7.77. The fourth-order valence-corrected chi connectivity index (χ4v) is 3.29. The average Bonchev–Trinajstić information content (AvgIpc) is 2.79. The lowest BCUT2D eigenvalue weighted by atomic mass is 10.2. The van der Waals surface area contributed by atoms with Crippen molar-refractivity contribution in [3.8, 4) is 5.75 Å². The summed E-state index contributed by atoms with van der Waals surface area (Å²) < 4.78 is 12.3. The highest BCUT2D eigenvalue weighted by Gasteiger charge is 2.14. The number of rotatable bonds is 5. The number of carbonyl (C=O) groups excluding carboxylic acids is 1. The number of carbonyl (C=O) groups is 1. The van der Waals surface area contributed by atoms with Crippen molar-refractivity contribution >= 4 is 28.8 Å². The molecule has 23 heavy (non-hydrogen) atoms. The summed E-state index contributed by atoms with van der Waals surface area (Å²) in [5.74, 6) is 0.0772. The minimum absolute atomic E-state index is 0.349. The van der Waals surface area contributed by atoms with Crippen LogP contribution in [0.3, 0.4) is 0 Å². The van der Waals surface area contributed by atoms with Crippen molar-refractivity contribution in [3.63, 3.8) is 0 Å². The summed E-state index contributed by atoms with van der Waals surface area (Å²) in [6.45, 7) is 5.21. The maximum absolute atomic E-state index is 12.5. The summed E-state index contributed by atoms with van der Waals surface area (Å²) in [7, 11) is 3.16. The Bertz CT molecular complexity index is 780. The molecule has 1 heterocycles. The summed E-state index contributed by atoms with van der Waals surface area (Å²) in [5.41, 5.74) is 1.43. The van der Waals surface area contributed by atoms with Crippen LogP contribution >= 0.6 is 22.9 Å². The number of hydrogen-bond acceptors (Lipinski definition) is 4. The third-order valence-electron chi connectivity index (χ3n) is 3.50. The molecule has 5 nitrogen and oxygen atoms in total. The number of aromatic nitrogens is 1. The summed E-state index contributed by atoms with van der Waals surface area (Å²) in [6, 6.07) is 4.91. The van der Waals surface area contributed by atoms with E-state index in [0.717, 1.165) is 10.6 Å². The van der Waals surface area contributed by atoms with E-state index in [2.05, 4.69) is 4.99 Å². The molecule has 0 fully saturated rings. The fourth-order valence-electron chi connectivity index (χ4n) is 2.12. The number of halogens is 1. The Labute approximate surface area is 144 Å². The van der Waals surface area contributed by atoms with Gasteiger partial charge in [0.15, 0.2) is 4.80 Å². The van der Waals surface area contributed by atoms with E-state index in [1.54, 1.807) is 25.3 Å². The van der Waals surface area contributed by atoms with Gasteiger partial charge in [-0.25, -0.2) is 0 Å². The Balaban J connectivity index is 2.48. The van der Waals surface area contributed by atoms with Gasteiger partial charge < -0.3 is 14.0 Å². The molecule has 2 rings (SSSR count). The zero-order chi connectivity index (χ0) is 17.0. The molecule has 0 radical (unpaired) electrons. The van der Waals surface area contributed by atoms with E-state index in [-0.39, 0.29) is 5.91 Å². The van der Waals surface area contributed by atoms with Gasteiger partial charge >= 0.3 is 0 Å². The molecule has 0 saturated carbocycles. The molecule has 124 valence electrons. The van der Waals surface area contributed by atoms with Crippen LogP contribution in [0.1, 0.15) is 20.9 Å². The molecule has 0 N–H and O–H groups in total. The molecule has 0 aliphatic carbocycles. The predicted octanol–water partition coefficient (Wildman–Crippen LogP) is 3.22. The zero-order valence-electron chi connectivity index (χ0n) is 13.6. The van der Waals surface area contributed by atoms with Gasteiger partial charge in [0.1, 0.15) is 5.75 Å². The van der Waals surface area contributed by atoms with Gasteiger partial charge in [0, 0.05) is 29.2 Å². The lowest BCUT2D eigenvalue weighted by molar-refractivity contribution is 0.0994. The maximum atomic E-state index is 12.5. The van der Waals surface area contributed by atoms with Crippen LogP contribution in [-0.2, 0) is 11.3 Å². The van der Waals surface area contributed by atoms with Crippen LogP contribution in [0.5, 0.6) is 5.75 Å². The molecule has 0 aliphatic rings. The molecular weight excluding hydrogens is 336 g/mol. The Morgan fingerprint density at radius 3 is 2.74 bits per heavy atom. The van der Waals surface area contributed by atoms with Crippen LogP contribution in [0.25, 0.3) is 0 Å². The molecule has 0 spiro atoms. The largest absolute Gasteiger partial charge is 0.496 e. The van der Waals surface area contributed by atoms with Gasteiger partial charge in [-0.3, -0.25) is 4.79 Å². The highest BCUT2D eigenvalue weighted by Crippen LogP contribution is 2.23. The Kier molecular flexibility index (Phi) is 5.98. The van der Waals surface area contributed by atoms with E-state index in [0.29, 0.717) is 34.3 Å². The number of aryl methyl sites for hydroxylation is 1. The van der Waals surface area contributed by atoms with Gasteiger partial charge in [-0.1, -0.05) is 11.6 Å². The van der Waals surface area contributed by atoms with Crippen LogP contribution < -0.4 is 9.54 Å². The Hall–Kier alpha value is -1.63. The van der Waals surface area contributed by atoms with Crippen molar-refractivity contribution in [2.45, 2.75) is 20.4 Å². The first-order valence-corrected chi connectivity index (χ1v) is 8.25. The third kappa shape index (κ3) is 4.02. The highest BCUT2D eigenvalue weighted by molar-refractivity contribution is 7.09. The van der Waals surface area contributed by atoms with Crippen molar-refractivity contribution in [2.24, 2.45) is 4.99 Å². The van der Waals surface area contributed by atoms with Crippen molar-refractivity contribution in [1.29, 1.82) is 0 Å². The molecular formula is C16H19ClN2O3S. The van der Waals surface area contributed by atoms with Crippen LogP contribution in [0.2, 0.25) is 5.02 Å². The highest BCUT2D eigenvalue weighted by atomic mass is 35.5. The normalized spacial score (nSPS) is 11.8. The zero-order valence-corrected chi connectivity index (χ0v) is 15.1. The van der Waals surface area contributed by atoms with E-state index in [1.165, 1.54) is 18.4 Å². The van der Waals surface area contributed by atoms with Gasteiger partial charge in [0.2, 0.25) is 0 Å². The molecule has 1 aromatic carbocycles. The quantitative estimate of drug-likeness (QED) is 0.828. The standard InChI is InChI=1S/C16H19ClN2O3S/c1-10-11(2)23-16(19(10)7-8-21-3)18-15(20)13-9-12(17)5-6-14(13)22-4/h5-6,9H,7-8H2,1-4H3. The van der Waals surface area contributed by atoms with E-state index in [4.69, 9.17) is 21.1 Å². The molecule has 0 unspecified atom stereocenters. The summed E-state index contributed by atoms with van der Waals surface area (Å²) in [4.78, 5) is 18.6. The lowest BCUT2D eigenvalue weighted by Crippen LogP contribution is -2.20. The number of nitrogens with zero attached hydrogens (tertiary/aromatic N) is 2. The van der Waals surface area contributed by atoms with Gasteiger partial charge in [-0.2, -0.15) is 4.99 Å². The minimum Gasteiger partial charge on any atom is -0.496 e. The first-order chi connectivity index (χ1) is 11.0. The summed E-state index contributed by atoms with van der Waals surface area (Å²) in [5, 5.41) is 0.468. The molecule has 1 amide bonds. The third-order valence-corrected chi connectivity index (χ3v) is 4.83. The smallest absolute Gasteiger partial charge is 0.283 e. The minimum atomic E-state index is -0.378. The number of benzene rings is 1. The SMILES string of the molecule is COCCn1c(C)c(C)sc1=NC(=O)c1cc(Cl)ccc1OC. The van der Waals surface area contributed by atoms with Gasteiger partial charge in [0.25, 0.3) is 5.91 Å². The second-order valence-electron chi connectivity index (χ2n) is 4.93. The van der Waals surface area contributed by atoms with Crippen LogP contribution in [0.15, 0.2) is 23.2 Å². The first-order valence-electron chi connectivity index (χ1n) is 7.06. The summed E-state index contributed by atoms with van der Waals surface area (Å²) in [6.07, 6.45) is 0. The Morgan fingerprint density at radius 2 is 2.09 bits per heavy atom. The molecule has 0 bridgehead atoms. The summed E-state index contributed by atoms with van der Waals surface area (Å²) >= 11 is 7.46. The van der Waals surface area contributed by atoms with Crippen molar-refractivity contribution < 1.29 is 14.3 Å². The molecule has 0 atom stereocenters.